The summed E-state index contributed by atoms with van der Waals surface area (Å²) < 4.78 is 0.982. The third-order valence-corrected chi connectivity index (χ3v) is 3.05. The number of carbonyl (C=O) groups excluding carboxylic acids is 1. The van der Waals surface area contributed by atoms with E-state index in [2.05, 4.69) is 26.2 Å². The van der Waals surface area contributed by atoms with Crippen molar-refractivity contribution in [2.24, 2.45) is 10.4 Å². The molecule has 4 heteroatoms. The molecule has 0 atom stereocenters. The minimum atomic E-state index is -0.150. The number of amidine groups is 1. The lowest BCUT2D eigenvalue weighted by Gasteiger charge is -2.16. The lowest BCUT2D eigenvalue weighted by atomic mass is 9.95. The number of nitrogens with one attached hydrogen (secondary N) is 1. The molecule has 0 aromatic heterocycles. The summed E-state index contributed by atoms with van der Waals surface area (Å²) in [7, 11) is 0. The maximum Gasteiger partial charge on any atom is 0.275 e. The number of aliphatic imine (C=N–C) groups is 1. The molecule has 0 saturated heterocycles. The first-order valence-corrected chi connectivity index (χ1v) is 6.53. The Hall–Kier alpha value is -1.42. The topological polar surface area (TPSA) is 41.5 Å². The van der Waals surface area contributed by atoms with E-state index in [1.54, 1.807) is 6.08 Å². The molecule has 1 aromatic carbocycles. The van der Waals surface area contributed by atoms with E-state index in [0.717, 1.165) is 10.0 Å². The van der Waals surface area contributed by atoms with Crippen LogP contribution in [0.15, 0.2) is 39.4 Å². The number of benzene rings is 1. The summed E-state index contributed by atoms with van der Waals surface area (Å²) in [6, 6.07) is 7.76. The highest BCUT2D eigenvalue weighted by Crippen LogP contribution is 2.22. The highest BCUT2D eigenvalue weighted by molar-refractivity contribution is 9.10. The summed E-state index contributed by atoms with van der Waals surface area (Å²) in [4.78, 5) is 16.2. The number of halogens is 1. The molecule has 1 amide bonds. The molecule has 0 fully saturated rings. The molecule has 0 radical (unpaired) electrons. The largest absolute Gasteiger partial charge is 0.308 e. The first-order valence-electron chi connectivity index (χ1n) is 5.74. The molecule has 18 heavy (non-hydrogen) atoms. The van der Waals surface area contributed by atoms with E-state index in [0.29, 0.717) is 11.5 Å². The summed E-state index contributed by atoms with van der Waals surface area (Å²) in [5, 5.41) is 2.81. The highest BCUT2D eigenvalue weighted by atomic mass is 79.9. The van der Waals surface area contributed by atoms with Crippen molar-refractivity contribution in [3.05, 3.63) is 40.0 Å². The molecule has 1 heterocycles. The molecule has 0 unspecified atom stereocenters. The molecule has 1 aromatic rings. The fourth-order valence-electron chi connectivity index (χ4n) is 1.58. The fourth-order valence-corrected chi connectivity index (χ4v) is 1.99. The second-order valence-electron chi connectivity index (χ2n) is 5.25. The van der Waals surface area contributed by atoms with Crippen molar-refractivity contribution in [2.45, 2.75) is 20.8 Å². The molecule has 3 nitrogen and oxygen atoms in total. The van der Waals surface area contributed by atoms with E-state index >= 15 is 0 Å². The molecule has 0 saturated carbocycles. The van der Waals surface area contributed by atoms with Gasteiger partial charge in [-0.25, -0.2) is 4.99 Å². The van der Waals surface area contributed by atoms with Crippen LogP contribution in [0.3, 0.4) is 0 Å². The second kappa shape index (κ2) is 4.69. The van der Waals surface area contributed by atoms with Crippen molar-refractivity contribution in [3.8, 4) is 0 Å². The molecule has 0 spiro atoms. The monoisotopic (exact) mass is 306 g/mol. The SMILES string of the molecule is CC(C)(C)C1=N/C(=C/c2cccc(Br)c2)C(=O)N1. The van der Waals surface area contributed by atoms with E-state index in [4.69, 9.17) is 0 Å². The van der Waals surface area contributed by atoms with Crippen LogP contribution in [0.5, 0.6) is 0 Å². The number of carbonyl (C=O) groups is 1. The third-order valence-electron chi connectivity index (χ3n) is 2.56. The van der Waals surface area contributed by atoms with Gasteiger partial charge in [0.1, 0.15) is 11.5 Å². The number of amides is 1. The van der Waals surface area contributed by atoms with Gasteiger partial charge in [0, 0.05) is 9.89 Å². The van der Waals surface area contributed by atoms with Crippen molar-refractivity contribution in [1.29, 1.82) is 0 Å². The number of nitrogens with zero attached hydrogens (tertiary/aromatic N) is 1. The van der Waals surface area contributed by atoms with E-state index in [1.807, 2.05) is 45.0 Å². The zero-order chi connectivity index (χ0) is 13.3. The summed E-state index contributed by atoms with van der Waals surface area (Å²) in [6.07, 6.45) is 1.79. The zero-order valence-electron chi connectivity index (χ0n) is 10.6. The van der Waals surface area contributed by atoms with Crippen LogP contribution >= 0.6 is 15.9 Å². The predicted molar refractivity (Wildman–Crippen MR) is 77.2 cm³/mol. The normalized spacial score (nSPS) is 17.9. The van der Waals surface area contributed by atoms with Gasteiger partial charge in [-0.3, -0.25) is 4.79 Å². The molecule has 2 rings (SSSR count). The van der Waals surface area contributed by atoms with Crippen LogP contribution in [0, 0.1) is 5.41 Å². The van der Waals surface area contributed by atoms with Gasteiger partial charge in [0.2, 0.25) is 0 Å². The van der Waals surface area contributed by atoms with Gasteiger partial charge in [0.15, 0.2) is 0 Å². The van der Waals surface area contributed by atoms with Crippen molar-refractivity contribution in [3.63, 3.8) is 0 Å². The maximum absolute atomic E-state index is 11.8. The van der Waals surface area contributed by atoms with Crippen molar-refractivity contribution >= 4 is 33.7 Å². The molecule has 0 aliphatic carbocycles. The van der Waals surface area contributed by atoms with Crippen LogP contribution in [-0.2, 0) is 4.79 Å². The Balaban J connectivity index is 2.34. The number of hydrogen-bond donors (Lipinski definition) is 1. The molecule has 1 aliphatic rings. The molecular formula is C14H15BrN2O. The average Bonchev–Trinajstić information content (AvgIpc) is 2.60. The molecule has 0 bridgehead atoms. The Morgan fingerprint density at radius 2 is 2.06 bits per heavy atom. The van der Waals surface area contributed by atoms with Gasteiger partial charge >= 0.3 is 0 Å². The minimum Gasteiger partial charge on any atom is -0.308 e. The van der Waals surface area contributed by atoms with Crippen LogP contribution in [0.2, 0.25) is 0 Å². The predicted octanol–water partition coefficient (Wildman–Crippen LogP) is 3.36. The molecular weight excluding hydrogens is 292 g/mol. The fraction of sp³-hybridized carbons (Fsp3) is 0.286. The zero-order valence-corrected chi connectivity index (χ0v) is 12.2. The number of hydrogen-bond acceptors (Lipinski definition) is 2. The average molecular weight is 307 g/mol. The Morgan fingerprint density at radius 3 is 2.61 bits per heavy atom. The standard InChI is InChI=1S/C14H15BrN2O/c1-14(2,3)13-16-11(12(18)17-13)8-9-5-4-6-10(15)7-9/h4-8H,1-3H3,(H,16,17,18)/b11-8+. The minimum absolute atomic E-state index is 0.139. The van der Waals surface area contributed by atoms with Crippen molar-refractivity contribution in [1.82, 2.24) is 5.32 Å². The van der Waals surface area contributed by atoms with E-state index in [1.165, 1.54) is 0 Å². The Bertz CT molecular complexity index is 553. The van der Waals surface area contributed by atoms with Gasteiger partial charge in [0.25, 0.3) is 5.91 Å². The van der Waals surface area contributed by atoms with Crippen LogP contribution in [0.25, 0.3) is 6.08 Å². The second-order valence-corrected chi connectivity index (χ2v) is 6.16. The molecule has 94 valence electrons. The number of rotatable bonds is 1. The quantitative estimate of drug-likeness (QED) is 0.794. The van der Waals surface area contributed by atoms with Crippen LogP contribution in [-0.4, -0.2) is 11.7 Å². The van der Waals surface area contributed by atoms with Gasteiger partial charge in [-0.05, 0) is 23.8 Å². The summed E-state index contributed by atoms with van der Waals surface area (Å²) in [6.45, 7) is 6.07. The summed E-state index contributed by atoms with van der Waals surface area (Å²) in [5.74, 6) is 0.577. The van der Waals surface area contributed by atoms with Crippen LogP contribution in [0.1, 0.15) is 26.3 Å². The van der Waals surface area contributed by atoms with E-state index in [9.17, 15) is 4.79 Å². The lowest BCUT2D eigenvalue weighted by Crippen LogP contribution is -2.34. The maximum atomic E-state index is 11.8. The first kappa shape index (κ1) is 13.0. The van der Waals surface area contributed by atoms with Crippen LogP contribution < -0.4 is 5.32 Å². The van der Waals surface area contributed by atoms with Crippen LogP contribution in [0.4, 0.5) is 0 Å². The summed E-state index contributed by atoms with van der Waals surface area (Å²) in [5.41, 5.74) is 1.26. The van der Waals surface area contributed by atoms with Crippen molar-refractivity contribution in [2.75, 3.05) is 0 Å². The summed E-state index contributed by atoms with van der Waals surface area (Å²) >= 11 is 3.40. The highest BCUT2D eigenvalue weighted by Gasteiger charge is 2.28. The van der Waals surface area contributed by atoms with Gasteiger partial charge in [-0.2, -0.15) is 0 Å². The smallest absolute Gasteiger partial charge is 0.275 e. The lowest BCUT2D eigenvalue weighted by molar-refractivity contribution is -0.115. The Kier molecular flexibility index (Phi) is 3.39. The Morgan fingerprint density at radius 1 is 1.33 bits per heavy atom. The van der Waals surface area contributed by atoms with Gasteiger partial charge in [-0.15, -0.1) is 0 Å². The third kappa shape index (κ3) is 2.88. The van der Waals surface area contributed by atoms with E-state index < -0.39 is 0 Å². The molecule has 1 aliphatic heterocycles. The first-order chi connectivity index (χ1) is 8.36. The van der Waals surface area contributed by atoms with Crippen molar-refractivity contribution < 1.29 is 4.79 Å². The van der Waals surface area contributed by atoms with E-state index in [-0.39, 0.29) is 11.3 Å². The molecule has 1 N–H and O–H groups in total. The van der Waals surface area contributed by atoms with Gasteiger partial charge in [0.05, 0.1) is 0 Å². The van der Waals surface area contributed by atoms with Gasteiger partial charge < -0.3 is 5.32 Å². The Labute approximate surface area is 115 Å². The van der Waals surface area contributed by atoms with Gasteiger partial charge in [-0.1, -0.05) is 48.8 Å².